The number of amides is 3. The topological polar surface area (TPSA) is 150 Å². The number of fused-ring (bicyclic) bond motifs is 4. The summed E-state index contributed by atoms with van der Waals surface area (Å²) in [4.78, 5) is 71.6. The molecule has 5 fully saturated rings. The van der Waals surface area contributed by atoms with Crippen LogP contribution in [0.3, 0.4) is 0 Å². The van der Waals surface area contributed by atoms with Crippen molar-refractivity contribution in [2.45, 2.75) is 165 Å². The van der Waals surface area contributed by atoms with Crippen molar-refractivity contribution < 1.29 is 19.1 Å². The van der Waals surface area contributed by atoms with Crippen molar-refractivity contribution in [3.8, 4) is 0 Å². The minimum atomic E-state index is -0.634. The normalized spacial score (nSPS) is 24.2. The van der Waals surface area contributed by atoms with Gasteiger partial charge in [-0.1, -0.05) is 53.9 Å². The second-order valence-corrected chi connectivity index (χ2v) is 24.9. The lowest BCUT2D eigenvalue weighted by Crippen LogP contribution is -2.63. The van der Waals surface area contributed by atoms with Crippen LogP contribution in [0, 0.1) is 0 Å². The van der Waals surface area contributed by atoms with E-state index in [-0.39, 0.29) is 54.2 Å². The number of likely N-dealkylation sites (tertiary alicyclic amines) is 2. The van der Waals surface area contributed by atoms with Crippen LogP contribution < -0.4 is 5.32 Å². The van der Waals surface area contributed by atoms with Crippen LogP contribution in [0.1, 0.15) is 140 Å². The number of pyridine rings is 2. The average Bonchev–Trinajstić information content (AvgIpc) is 4.45. The minimum Gasteiger partial charge on any atom is -0.446 e. The van der Waals surface area contributed by atoms with Gasteiger partial charge in [0.1, 0.15) is 12.1 Å². The summed E-state index contributed by atoms with van der Waals surface area (Å²) in [6.45, 7) is 7.06. The number of aromatic nitrogens is 6. The lowest BCUT2D eigenvalue weighted by molar-refractivity contribution is -0.143. The number of ether oxygens (including phenoxy) is 1. The maximum atomic E-state index is 14.8. The summed E-state index contributed by atoms with van der Waals surface area (Å²) in [6, 6.07) is 20.3. The molecule has 2 aromatic carbocycles. The SMILES string of the molecule is O=C(C1CN(C2c3ccc(Cl)cc3CCc3cccnc32)CCN1)N1CCCCC1CCn1ccnc1.O=C(C1CN(C2c3ccc(Cl)cc3CCc3cccnc32)CCN1C(=O)OC1CCCCC1)N1CCCCC1CCn1ccnc1. The van der Waals surface area contributed by atoms with Gasteiger partial charge in [0.25, 0.3) is 0 Å². The summed E-state index contributed by atoms with van der Waals surface area (Å²) in [5.41, 5.74) is 9.61. The summed E-state index contributed by atoms with van der Waals surface area (Å²) in [6.07, 6.45) is 31.7. The number of carbonyl (C=O) groups excluding carboxylic acids is 3. The van der Waals surface area contributed by atoms with Crippen molar-refractivity contribution in [2.24, 2.45) is 0 Å². The highest BCUT2D eigenvalue weighted by molar-refractivity contribution is 6.31. The molecule has 13 rings (SSSR count). The quantitative estimate of drug-likeness (QED) is 0.132. The van der Waals surface area contributed by atoms with Gasteiger partial charge in [-0.05, 0) is 173 Å². The zero-order valence-electron chi connectivity index (χ0n) is 47.8. The molecule has 6 atom stereocenters. The third kappa shape index (κ3) is 13.2. The number of nitrogens with one attached hydrogen (secondary N) is 1. The molecule has 4 aliphatic heterocycles. The Morgan fingerprint density at radius 1 is 0.554 bits per heavy atom. The number of imidazole rings is 2. The fourth-order valence-electron chi connectivity index (χ4n) is 14.5. The molecule has 1 saturated carbocycles. The fourth-order valence-corrected chi connectivity index (χ4v) is 14.9. The van der Waals surface area contributed by atoms with E-state index in [1.54, 1.807) is 11.1 Å². The molecular weight excluding hydrogens is 1080 g/mol. The van der Waals surface area contributed by atoms with Crippen molar-refractivity contribution in [2.75, 3.05) is 52.4 Å². The first-order chi connectivity index (χ1) is 40.7. The molecule has 6 aromatic rings. The standard InChI is InChI=1S/C36H45ClN6O3.C29H35ClN6O/c37-28-13-14-31-27(23-28)12-11-26-7-6-16-39-33(26)34(31)41-21-22-43(36(45)46-30-9-2-1-3-10-30)32(24-41)35(44)42-18-5-4-8-29(42)15-19-40-20-17-38-25-40;30-23-8-9-25-22(18-23)7-6-21-4-3-11-33-27(21)28(25)35-17-13-32-26(19-35)29(37)36-14-2-1-5-24(36)10-15-34-16-12-31-20-34/h6-7,13-14,16-17,20,23,25,29-30,32,34H,1-5,8-12,15,18-19,21-22,24H2;3-4,8-9,11-12,16,18,20,24,26,28,32H,1-2,5-7,10,13-15,17,19H2. The Morgan fingerprint density at radius 2 is 1.10 bits per heavy atom. The zero-order valence-corrected chi connectivity index (χ0v) is 49.3. The first kappa shape index (κ1) is 57.3. The number of halogens is 2. The Balaban J connectivity index is 0.000000168. The molecule has 1 N–H and O–H groups in total. The van der Waals surface area contributed by atoms with E-state index in [1.165, 1.54) is 46.2 Å². The number of rotatable bonds is 11. The molecule has 438 valence electrons. The van der Waals surface area contributed by atoms with Gasteiger partial charge in [-0.15, -0.1) is 0 Å². The number of hydrogen-bond acceptors (Lipinski definition) is 11. The van der Waals surface area contributed by atoms with Crippen LogP contribution >= 0.6 is 23.2 Å². The molecule has 4 saturated heterocycles. The highest BCUT2D eigenvalue weighted by Crippen LogP contribution is 2.40. The number of benzene rings is 2. The number of piperidine rings is 2. The largest absolute Gasteiger partial charge is 0.446 e. The van der Waals surface area contributed by atoms with Gasteiger partial charge in [0.05, 0.1) is 42.2 Å². The summed E-state index contributed by atoms with van der Waals surface area (Å²) < 4.78 is 10.3. The van der Waals surface area contributed by atoms with Crippen molar-refractivity contribution in [3.63, 3.8) is 0 Å². The molecule has 83 heavy (non-hydrogen) atoms. The third-order valence-electron chi connectivity index (χ3n) is 18.9. The summed E-state index contributed by atoms with van der Waals surface area (Å²) >= 11 is 12.9. The van der Waals surface area contributed by atoms with Gasteiger partial charge in [-0.2, -0.15) is 0 Å². The lowest BCUT2D eigenvalue weighted by Gasteiger charge is -2.46. The van der Waals surface area contributed by atoms with Gasteiger partial charge in [-0.3, -0.25) is 34.3 Å². The van der Waals surface area contributed by atoms with Gasteiger partial charge in [0, 0.05) is 125 Å². The molecule has 18 heteroatoms. The first-order valence-corrected chi connectivity index (χ1v) is 31.6. The molecule has 0 bridgehead atoms. The van der Waals surface area contributed by atoms with Crippen LogP contribution in [0.25, 0.3) is 0 Å². The van der Waals surface area contributed by atoms with E-state index in [0.29, 0.717) is 32.7 Å². The Morgan fingerprint density at radius 3 is 1.66 bits per heavy atom. The molecule has 0 spiro atoms. The highest BCUT2D eigenvalue weighted by atomic mass is 35.5. The highest BCUT2D eigenvalue weighted by Gasteiger charge is 2.45. The molecule has 7 aliphatic rings. The Hall–Kier alpha value is -6.17. The smallest absolute Gasteiger partial charge is 0.410 e. The molecule has 6 unspecified atom stereocenters. The number of hydrogen-bond donors (Lipinski definition) is 1. The molecule has 16 nitrogen and oxygen atoms in total. The van der Waals surface area contributed by atoms with Crippen molar-refractivity contribution in [1.29, 1.82) is 0 Å². The Kier molecular flexibility index (Phi) is 18.5. The summed E-state index contributed by atoms with van der Waals surface area (Å²) in [5.74, 6) is 0.276. The van der Waals surface area contributed by atoms with Crippen molar-refractivity contribution >= 4 is 41.1 Å². The predicted octanol–water partition coefficient (Wildman–Crippen LogP) is 9.91. The van der Waals surface area contributed by atoms with Crippen LogP contribution in [0.15, 0.2) is 110 Å². The van der Waals surface area contributed by atoms with Gasteiger partial charge < -0.3 is 29.0 Å². The first-order valence-electron chi connectivity index (χ1n) is 30.9. The second-order valence-electron chi connectivity index (χ2n) is 24.0. The molecule has 3 amide bonds. The van der Waals surface area contributed by atoms with Crippen LogP contribution in [0.2, 0.25) is 10.0 Å². The average molecular weight is 1160 g/mol. The van der Waals surface area contributed by atoms with Crippen molar-refractivity contribution in [3.05, 3.63) is 165 Å². The molecule has 4 aromatic heterocycles. The monoisotopic (exact) mass is 1160 g/mol. The Labute approximate surface area is 498 Å². The van der Waals surface area contributed by atoms with Crippen molar-refractivity contribution in [1.82, 2.24) is 58.9 Å². The number of aryl methyl sites for hydroxylation is 6. The van der Waals surface area contributed by atoms with E-state index in [4.69, 9.17) is 37.9 Å². The third-order valence-corrected chi connectivity index (χ3v) is 19.3. The van der Waals surface area contributed by atoms with E-state index in [0.717, 1.165) is 150 Å². The molecular formula is C65H80Cl2N12O4. The van der Waals surface area contributed by atoms with E-state index in [9.17, 15) is 14.4 Å². The van der Waals surface area contributed by atoms with Crippen LogP contribution in [0.4, 0.5) is 4.79 Å². The lowest BCUT2D eigenvalue weighted by atomic mass is 9.94. The van der Waals surface area contributed by atoms with Gasteiger partial charge >= 0.3 is 6.09 Å². The van der Waals surface area contributed by atoms with E-state index >= 15 is 0 Å². The van der Waals surface area contributed by atoms with Crippen LogP contribution in [-0.4, -0.2) is 154 Å². The van der Waals surface area contributed by atoms with Gasteiger partial charge in [-0.25, -0.2) is 14.8 Å². The number of carbonyl (C=O) groups is 3. The van der Waals surface area contributed by atoms with Crippen LogP contribution in [0.5, 0.6) is 0 Å². The number of piperazine rings is 2. The van der Waals surface area contributed by atoms with E-state index in [1.807, 2.05) is 67.9 Å². The summed E-state index contributed by atoms with van der Waals surface area (Å²) in [5, 5.41) is 5.06. The molecule has 8 heterocycles. The zero-order chi connectivity index (χ0) is 56.7. The van der Waals surface area contributed by atoms with Gasteiger partial charge in [0.15, 0.2) is 0 Å². The minimum absolute atomic E-state index is 0.0294. The van der Waals surface area contributed by atoms with Crippen LogP contribution in [-0.2, 0) is 53.1 Å². The molecule has 0 radical (unpaired) electrons. The second kappa shape index (κ2) is 26.8. The summed E-state index contributed by atoms with van der Waals surface area (Å²) in [7, 11) is 0. The number of nitrogens with zero attached hydrogens (tertiary/aromatic N) is 11. The fraction of sp³-hybridized carbons (Fsp3) is 0.523. The van der Waals surface area contributed by atoms with E-state index in [2.05, 4.69) is 80.4 Å². The predicted molar refractivity (Wildman–Crippen MR) is 321 cm³/mol. The Bertz CT molecular complexity index is 3160. The maximum absolute atomic E-state index is 14.8. The van der Waals surface area contributed by atoms with E-state index < -0.39 is 6.04 Å². The molecule has 3 aliphatic carbocycles. The van der Waals surface area contributed by atoms with Gasteiger partial charge in [0.2, 0.25) is 11.8 Å². The maximum Gasteiger partial charge on any atom is 0.410 e.